The van der Waals surface area contributed by atoms with Crippen LogP contribution in [0.3, 0.4) is 0 Å². The van der Waals surface area contributed by atoms with Gasteiger partial charge in [-0.05, 0) is 45.7 Å². The summed E-state index contributed by atoms with van der Waals surface area (Å²) in [5.74, 6) is 1.50. The van der Waals surface area contributed by atoms with Gasteiger partial charge >= 0.3 is 6.09 Å². The first kappa shape index (κ1) is 21.2. The number of nitrogens with one attached hydrogen (secondary N) is 2. The highest BCUT2D eigenvalue weighted by molar-refractivity contribution is 5.68. The second kappa shape index (κ2) is 10.9. The Hall–Kier alpha value is -3.10. The summed E-state index contributed by atoms with van der Waals surface area (Å²) in [6.07, 6.45) is 4.57. The molecule has 1 amide bonds. The Balaban J connectivity index is 1.82. The molecule has 1 aromatic heterocycles. The molecule has 1 aromatic carbocycles. The molecule has 2 rings (SSSR count). The molecule has 2 aromatic rings. The second-order valence-electron chi connectivity index (χ2n) is 6.40. The maximum absolute atomic E-state index is 11.4. The first-order chi connectivity index (χ1) is 13.5. The molecule has 2 N–H and O–H groups in total. The third kappa shape index (κ3) is 6.57. The van der Waals surface area contributed by atoms with E-state index >= 15 is 0 Å². The highest BCUT2D eigenvalue weighted by Gasteiger charge is 2.08. The van der Waals surface area contributed by atoms with Crippen molar-refractivity contribution in [3.8, 4) is 11.4 Å². The van der Waals surface area contributed by atoms with E-state index in [1.165, 1.54) is 0 Å². The van der Waals surface area contributed by atoms with Crippen LogP contribution >= 0.6 is 0 Å². The standard InChI is InChI=1S/C19H28N6O3/c1-14(2)28-19(26)21-10-6-5-9-20-12-22-17-11-16(27-4)7-8-18(17)25-13-23-24-15(25)3/h7-8,11-14H,5-6,9-10H2,1-4H3,(H,20,22)(H,21,26). The van der Waals surface area contributed by atoms with E-state index in [0.717, 1.165) is 42.3 Å². The number of alkyl carbamates (subject to hydrolysis) is 1. The number of nitrogens with zero attached hydrogens (tertiary/aromatic N) is 4. The van der Waals surface area contributed by atoms with Gasteiger partial charge in [-0.3, -0.25) is 4.57 Å². The van der Waals surface area contributed by atoms with Gasteiger partial charge in [-0.1, -0.05) is 0 Å². The molecule has 0 unspecified atom stereocenters. The normalized spacial score (nSPS) is 11.0. The molecule has 9 nitrogen and oxygen atoms in total. The first-order valence-corrected chi connectivity index (χ1v) is 9.26. The average molecular weight is 388 g/mol. The molecule has 0 aliphatic rings. The van der Waals surface area contributed by atoms with Crippen molar-refractivity contribution in [2.24, 2.45) is 4.99 Å². The smallest absolute Gasteiger partial charge is 0.407 e. The van der Waals surface area contributed by atoms with Gasteiger partial charge in [0.15, 0.2) is 0 Å². The van der Waals surface area contributed by atoms with Crippen molar-refractivity contribution in [3.05, 3.63) is 30.4 Å². The maximum Gasteiger partial charge on any atom is 0.407 e. The third-order valence-corrected chi connectivity index (χ3v) is 3.82. The lowest BCUT2D eigenvalue weighted by Gasteiger charge is -2.10. The van der Waals surface area contributed by atoms with Crippen molar-refractivity contribution in [3.63, 3.8) is 0 Å². The fourth-order valence-corrected chi connectivity index (χ4v) is 2.44. The van der Waals surface area contributed by atoms with Crippen molar-refractivity contribution in [1.82, 2.24) is 25.4 Å². The Morgan fingerprint density at radius 3 is 2.79 bits per heavy atom. The molecule has 0 aliphatic heterocycles. The number of ether oxygens (including phenoxy) is 2. The third-order valence-electron chi connectivity index (χ3n) is 3.82. The van der Waals surface area contributed by atoms with Crippen molar-refractivity contribution in [2.45, 2.75) is 39.7 Å². The molecular weight excluding hydrogens is 360 g/mol. The number of rotatable bonds is 10. The van der Waals surface area contributed by atoms with E-state index in [0.29, 0.717) is 6.54 Å². The quantitative estimate of drug-likeness (QED) is 0.369. The van der Waals surface area contributed by atoms with Gasteiger partial charge in [0.2, 0.25) is 0 Å². The Bertz CT molecular complexity index is 788. The lowest BCUT2D eigenvalue weighted by molar-refractivity contribution is 0.115. The number of carbonyl (C=O) groups excluding carboxylic acids is 1. The summed E-state index contributed by atoms with van der Waals surface area (Å²) in [6.45, 7) is 6.85. The van der Waals surface area contributed by atoms with Crippen LogP contribution in [0.2, 0.25) is 0 Å². The average Bonchev–Trinajstić information content (AvgIpc) is 3.08. The largest absolute Gasteiger partial charge is 0.497 e. The monoisotopic (exact) mass is 388 g/mol. The summed E-state index contributed by atoms with van der Waals surface area (Å²) in [7, 11) is 1.62. The van der Waals surface area contributed by atoms with Crippen LogP contribution in [-0.2, 0) is 4.74 Å². The van der Waals surface area contributed by atoms with Gasteiger partial charge in [0, 0.05) is 19.2 Å². The number of hydrogen-bond donors (Lipinski definition) is 2. The topological polar surface area (TPSA) is 103 Å². The Morgan fingerprint density at radius 1 is 1.32 bits per heavy atom. The van der Waals surface area contributed by atoms with Crippen LogP contribution in [0, 0.1) is 6.92 Å². The zero-order valence-corrected chi connectivity index (χ0v) is 16.8. The van der Waals surface area contributed by atoms with Crippen LogP contribution in [0.15, 0.2) is 29.5 Å². The predicted molar refractivity (Wildman–Crippen MR) is 108 cm³/mol. The van der Waals surface area contributed by atoms with Crippen LogP contribution in [0.4, 0.5) is 10.5 Å². The number of aliphatic imine (C=N–C) groups is 1. The molecule has 9 heteroatoms. The number of aryl methyl sites for hydroxylation is 1. The van der Waals surface area contributed by atoms with Crippen LogP contribution < -0.4 is 15.4 Å². The lowest BCUT2D eigenvalue weighted by Crippen LogP contribution is -2.28. The van der Waals surface area contributed by atoms with Gasteiger partial charge in [-0.2, -0.15) is 0 Å². The summed E-state index contributed by atoms with van der Waals surface area (Å²) in [4.78, 5) is 15.9. The van der Waals surface area contributed by atoms with Crippen molar-refractivity contribution >= 4 is 18.1 Å². The molecule has 0 bridgehead atoms. The number of amides is 1. The molecule has 0 spiro atoms. The molecule has 28 heavy (non-hydrogen) atoms. The van der Waals surface area contributed by atoms with Crippen LogP contribution in [0.5, 0.6) is 5.75 Å². The van der Waals surface area contributed by atoms with Gasteiger partial charge in [0.25, 0.3) is 0 Å². The number of unbranched alkanes of at least 4 members (excludes halogenated alkanes) is 1. The Labute approximate surface area is 165 Å². The number of aromatic nitrogens is 3. The van der Waals surface area contributed by atoms with Gasteiger partial charge in [-0.25, -0.2) is 9.79 Å². The minimum atomic E-state index is -0.376. The molecule has 0 aliphatic carbocycles. The van der Waals surface area contributed by atoms with Crippen LogP contribution in [-0.4, -0.2) is 53.5 Å². The number of benzene rings is 1. The van der Waals surface area contributed by atoms with E-state index < -0.39 is 0 Å². The SMILES string of the molecule is COc1ccc(-n2cnnc2C)c(/N=C/NCCCCNC(=O)OC(C)C)c1. The van der Waals surface area contributed by atoms with E-state index in [1.807, 2.05) is 43.5 Å². The van der Waals surface area contributed by atoms with Gasteiger partial charge in [-0.15, -0.1) is 10.2 Å². The molecule has 1 heterocycles. The van der Waals surface area contributed by atoms with E-state index in [4.69, 9.17) is 9.47 Å². The highest BCUT2D eigenvalue weighted by atomic mass is 16.6. The van der Waals surface area contributed by atoms with E-state index in [1.54, 1.807) is 19.8 Å². The zero-order chi connectivity index (χ0) is 20.4. The summed E-state index contributed by atoms with van der Waals surface area (Å²) in [5, 5.41) is 13.8. The molecule has 0 saturated heterocycles. The molecule has 0 saturated carbocycles. The number of hydrogen-bond acceptors (Lipinski definition) is 6. The minimum Gasteiger partial charge on any atom is -0.497 e. The zero-order valence-electron chi connectivity index (χ0n) is 16.8. The van der Waals surface area contributed by atoms with Crippen molar-refractivity contribution < 1.29 is 14.3 Å². The molecule has 0 atom stereocenters. The van der Waals surface area contributed by atoms with E-state index in [-0.39, 0.29) is 12.2 Å². The van der Waals surface area contributed by atoms with Gasteiger partial charge in [0.05, 0.1) is 30.9 Å². The van der Waals surface area contributed by atoms with Gasteiger partial charge in [0.1, 0.15) is 17.9 Å². The number of methoxy groups -OCH3 is 1. The Kier molecular flexibility index (Phi) is 8.26. The van der Waals surface area contributed by atoms with Crippen molar-refractivity contribution in [1.29, 1.82) is 0 Å². The van der Waals surface area contributed by atoms with Gasteiger partial charge < -0.3 is 20.1 Å². The second-order valence-corrected chi connectivity index (χ2v) is 6.40. The van der Waals surface area contributed by atoms with Crippen LogP contribution in [0.1, 0.15) is 32.5 Å². The fourth-order valence-electron chi connectivity index (χ4n) is 2.44. The van der Waals surface area contributed by atoms with Crippen molar-refractivity contribution in [2.75, 3.05) is 20.2 Å². The molecule has 0 radical (unpaired) electrons. The summed E-state index contributed by atoms with van der Waals surface area (Å²) in [5.41, 5.74) is 1.61. The summed E-state index contributed by atoms with van der Waals surface area (Å²) < 4.78 is 12.2. The lowest BCUT2D eigenvalue weighted by atomic mass is 10.2. The molecule has 152 valence electrons. The Morgan fingerprint density at radius 2 is 2.11 bits per heavy atom. The minimum absolute atomic E-state index is 0.110. The molecule has 0 fully saturated rings. The van der Waals surface area contributed by atoms with E-state index in [9.17, 15) is 4.79 Å². The highest BCUT2D eigenvalue weighted by Crippen LogP contribution is 2.28. The summed E-state index contributed by atoms with van der Waals surface area (Å²) >= 11 is 0. The molecular formula is C19H28N6O3. The first-order valence-electron chi connectivity index (χ1n) is 9.26. The van der Waals surface area contributed by atoms with E-state index in [2.05, 4.69) is 25.8 Å². The summed E-state index contributed by atoms with van der Waals surface area (Å²) in [6, 6.07) is 5.65. The maximum atomic E-state index is 11.4. The number of carbonyl (C=O) groups is 1. The fraction of sp³-hybridized carbons (Fsp3) is 0.474. The predicted octanol–water partition coefficient (Wildman–Crippen LogP) is 2.75. The van der Waals surface area contributed by atoms with Crippen LogP contribution in [0.25, 0.3) is 5.69 Å².